The fraction of sp³-hybridized carbons (Fsp3) is 0.167. The Morgan fingerprint density at radius 2 is 0.733 bits per heavy atom. The zero-order valence-electron chi connectivity index (χ0n) is 17.5. The molecule has 2 N–H and O–H groups in total. The molecule has 6 heteroatoms. The normalized spacial score (nSPS) is 10.3. The van der Waals surface area contributed by atoms with E-state index in [-0.39, 0.29) is 0 Å². The SMILES string of the molecule is Cc1nc2ccccc2nc(C)c(=CO)c(C)nc2ccccc2nc(C)c1=CO. The van der Waals surface area contributed by atoms with Crippen molar-refractivity contribution in [1.29, 1.82) is 0 Å². The highest BCUT2D eigenvalue weighted by molar-refractivity contribution is 5.74. The van der Waals surface area contributed by atoms with Gasteiger partial charge in [0, 0.05) is 0 Å². The number of hydrogen-bond acceptors (Lipinski definition) is 6. The Bertz CT molecular complexity index is 1160. The number of nitrogens with zero attached hydrogens (tertiary/aromatic N) is 4. The molecule has 6 nitrogen and oxygen atoms in total. The highest BCUT2D eigenvalue weighted by Crippen LogP contribution is 2.07. The second kappa shape index (κ2) is 9.13. The summed E-state index contributed by atoms with van der Waals surface area (Å²) in [7, 11) is 0. The van der Waals surface area contributed by atoms with Crippen LogP contribution in [0.4, 0.5) is 0 Å². The zero-order chi connectivity index (χ0) is 21.7. The minimum atomic E-state index is 0.522. The van der Waals surface area contributed by atoms with Gasteiger partial charge in [0.1, 0.15) is 0 Å². The van der Waals surface area contributed by atoms with Gasteiger partial charge in [-0.2, -0.15) is 0 Å². The molecule has 0 spiro atoms. The van der Waals surface area contributed by atoms with E-state index in [4.69, 9.17) is 0 Å². The van der Waals surface area contributed by atoms with E-state index in [0.717, 1.165) is 12.5 Å². The van der Waals surface area contributed by atoms with Crippen LogP contribution in [0.1, 0.15) is 22.8 Å². The Labute approximate surface area is 174 Å². The third-order valence-electron chi connectivity index (χ3n) is 4.73. The lowest BCUT2D eigenvalue weighted by molar-refractivity contribution is 0.538. The number of aryl methyl sites for hydroxylation is 4. The molecule has 0 saturated carbocycles. The van der Waals surface area contributed by atoms with Crippen molar-refractivity contribution in [3.63, 3.8) is 0 Å². The summed E-state index contributed by atoms with van der Waals surface area (Å²) in [5.41, 5.74) is 4.99. The molecule has 0 unspecified atom stereocenters. The van der Waals surface area contributed by atoms with Crippen LogP contribution in [-0.2, 0) is 0 Å². The first-order chi connectivity index (χ1) is 14.4. The van der Waals surface area contributed by atoms with Gasteiger partial charge in [0.25, 0.3) is 0 Å². The molecule has 0 aliphatic heterocycles. The zero-order valence-corrected chi connectivity index (χ0v) is 17.5. The number of rotatable bonds is 0. The Hall–Kier alpha value is -3.80. The molecule has 0 atom stereocenters. The van der Waals surface area contributed by atoms with Crippen LogP contribution < -0.4 is 10.4 Å². The van der Waals surface area contributed by atoms with E-state index in [9.17, 15) is 10.2 Å². The van der Waals surface area contributed by atoms with Crippen molar-refractivity contribution in [1.82, 2.24) is 19.9 Å². The van der Waals surface area contributed by atoms with E-state index >= 15 is 0 Å². The predicted octanol–water partition coefficient (Wildman–Crippen LogP) is 3.65. The van der Waals surface area contributed by atoms with Crippen LogP contribution in [0.25, 0.3) is 34.6 Å². The summed E-state index contributed by atoms with van der Waals surface area (Å²) >= 11 is 0. The Morgan fingerprint density at radius 1 is 0.500 bits per heavy atom. The van der Waals surface area contributed by atoms with Gasteiger partial charge in [-0.15, -0.1) is 0 Å². The summed E-state index contributed by atoms with van der Waals surface area (Å²) in [6, 6.07) is 14.9. The fourth-order valence-electron chi connectivity index (χ4n) is 3.17. The van der Waals surface area contributed by atoms with Crippen LogP contribution in [0, 0.1) is 27.7 Å². The van der Waals surface area contributed by atoms with Gasteiger partial charge in [-0.25, -0.2) is 0 Å². The monoisotopic (exact) mass is 400 g/mol. The molecule has 0 amide bonds. The number of aliphatic hydroxyl groups excluding tert-OH is 2. The molecule has 3 rings (SSSR count). The van der Waals surface area contributed by atoms with Crippen LogP contribution >= 0.6 is 0 Å². The van der Waals surface area contributed by atoms with Gasteiger partial charge in [0.2, 0.25) is 0 Å². The molecule has 0 bridgehead atoms. The summed E-state index contributed by atoms with van der Waals surface area (Å²) in [6.45, 7) is 7.25. The quantitative estimate of drug-likeness (QED) is 0.598. The van der Waals surface area contributed by atoms with E-state index < -0.39 is 0 Å². The second-order valence-corrected chi connectivity index (χ2v) is 6.85. The van der Waals surface area contributed by atoms with Gasteiger partial charge in [0.05, 0.1) is 67.8 Å². The maximum absolute atomic E-state index is 9.87. The van der Waals surface area contributed by atoms with Crippen molar-refractivity contribution in [2.75, 3.05) is 0 Å². The van der Waals surface area contributed by atoms with Crippen molar-refractivity contribution >= 4 is 34.6 Å². The van der Waals surface area contributed by atoms with Crippen LogP contribution in [-0.4, -0.2) is 30.1 Å². The Kier molecular flexibility index (Phi) is 6.37. The van der Waals surface area contributed by atoms with E-state index in [1.165, 1.54) is 0 Å². The first-order valence-electron chi connectivity index (χ1n) is 9.54. The molecular formula is C24H24N4O2. The van der Waals surface area contributed by atoms with Crippen molar-refractivity contribution < 1.29 is 10.2 Å². The molecule has 1 heterocycles. The molecule has 0 aliphatic carbocycles. The minimum absolute atomic E-state index is 0.522. The molecule has 2 aromatic carbocycles. The maximum atomic E-state index is 9.87. The van der Waals surface area contributed by atoms with Crippen molar-refractivity contribution in [3.05, 3.63) is 81.7 Å². The smallest absolute Gasteiger partial charge is 0.0900 e. The molecule has 1 aromatic heterocycles. The second-order valence-electron chi connectivity index (χ2n) is 6.85. The average Bonchev–Trinajstić information content (AvgIpc) is 2.71. The first kappa shape index (κ1) is 20.9. The van der Waals surface area contributed by atoms with Gasteiger partial charge in [0.15, 0.2) is 0 Å². The predicted molar refractivity (Wildman–Crippen MR) is 120 cm³/mol. The van der Waals surface area contributed by atoms with Crippen molar-refractivity contribution in [2.24, 2.45) is 0 Å². The first-order valence-corrected chi connectivity index (χ1v) is 9.54. The third kappa shape index (κ3) is 4.43. The molecular weight excluding hydrogens is 376 g/mol. The van der Waals surface area contributed by atoms with Crippen molar-refractivity contribution in [2.45, 2.75) is 27.7 Å². The fourth-order valence-corrected chi connectivity index (χ4v) is 3.17. The van der Waals surface area contributed by atoms with E-state index in [0.29, 0.717) is 55.3 Å². The van der Waals surface area contributed by atoms with E-state index in [1.54, 1.807) is 0 Å². The van der Waals surface area contributed by atoms with Crippen LogP contribution in [0.3, 0.4) is 0 Å². The van der Waals surface area contributed by atoms with Crippen molar-refractivity contribution in [3.8, 4) is 0 Å². The number of fused-ring (bicyclic) bond motifs is 2. The number of benzene rings is 2. The number of aromatic nitrogens is 4. The van der Waals surface area contributed by atoms with Gasteiger partial charge < -0.3 is 10.2 Å². The lowest BCUT2D eigenvalue weighted by Crippen LogP contribution is -2.13. The Morgan fingerprint density at radius 3 is 0.933 bits per heavy atom. The number of para-hydroxylation sites is 4. The summed E-state index contributed by atoms with van der Waals surface area (Å²) in [6.07, 6.45) is 2.04. The maximum Gasteiger partial charge on any atom is 0.0900 e. The van der Waals surface area contributed by atoms with E-state index in [1.807, 2.05) is 76.2 Å². The summed E-state index contributed by atoms with van der Waals surface area (Å²) in [5.74, 6) is 0. The molecule has 0 saturated heterocycles. The molecule has 0 radical (unpaired) electrons. The summed E-state index contributed by atoms with van der Waals surface area (Å²) < 4.78 is 0. The van der Waals surface area contributed by atoms with Crippen LogP contribution in [0.5, 0.6) is 0 Å². The average molecular weight is 400 g/mol. The van der Waals surface area contributed by atoms with Gasteiger partial charge in [-0.3, -0.25) is 19.9 Å². The molecule has 3 aromatic rings. The molecule has 0 fully saturated rings. The highest BCUT2D eigenvalue weighted by Gasteiger charge is 2.00. The summed E-state index contributed by atoms with van der Waals surface area (Å²) in [4.78, 5) is 18.7. The van der Waals surface area contributed by atoms with Gasteiger partial charge in [-0.05, 0) is 52.0 Å². The minimum Gasteiger partial charge on any atom is -0.515 e. The number of aliphatic hydroxyl groups is 2. The number of hydrogen-bond donors (Lipinski definition) is 2. The van der Waals surface area contributed by atoms with Crippen LogP contribution in [0.15, 0.2) is 48.5 Å². The third-order valence-corrected chi connectivity index (χ3v) is 4.73. The molecule has 152 valence electrons. The topological polar surface area (TPSA) is 92.0 Å². The lowest BCUT2D eigenvalue weighted by atomic mass is 10.2. The highest BCUT2D eigenvalue weighted by atomic mass is 16.2. The lowest BCUT2D eigenvalue weighted by Gasteiger charge is -1.99. The van der Waals surface area contributed by atoms with Crippen LogP contribution in [0.2, 0.25) is 0 Å². The molecule has 30 heavy (non-hydrogen) atoms. The Balaban J connectivity index is 2.71. The largest absolute Gasteiger partial charge is 0.515 e. The standard InChI is InChI=1S/C24H24N4O2/c1-15-19(13-29)16(2)26-23-11-7-8-12-24(23)28-18(4)20(14-30)17(3)27-22-10-6-5-9-21(22)25-15/h5-14,29-30H,1-4H3. The van der Waals surface area contributed by atoms with Gasteiger partial charge >= 0.3 is 0 Å². The summed E-state index contributed by atoms with van der Waals surface area (Å²) in [5, 5.41) is 20.8. The van der Waals surface area contributed by atoms with E-state index in [2.05, 4.69) is 19.9 Å². The van der Waals surface area contributed by atoms with Gasteiger partial charge in [-0.1, -0.05) is 24.3 Å². The molecule has 0 aliphatic rings.